The predicted octanol–water partition coefficient (Wildman–Crippen LogP) is 2.57. The van der Waals surface area contributed by atoms with Crippen molar-refractivity contribution in [2.24, 2.45) is 0 Å². The fourth-order valence-electron chi connectivity index (χ4n) is 1.28. The van der Waals surface area contributed by atoms with E-state index < -0.39 is 0 Å². The van der Waals surface area contributed by atoms with Crippen LogP contribution in [0.4, 0.5) is 0 Å². The van der Waals surface area contributed by atoms with E-state index in [2.05, 4.69) is 38.2 Å². The van der Waals surface area contributed by atoms with Crippen LogP contribution in [0.25, 0.3) is 0 Å². The zero-order valence-corrected chi connectivity index (χ0v) is 9.69. The fourth-order valence-corrected chi connectivity index (χ4v) is 2.03. The van der Waals surface area contributed by atoms with E-state index in [1.807, 2.05) is 11.4 Å². The van der Waals surface area contributed by atoms with Crippen molar-refractivity contribution in [2.45, 2.75) is 38.8 Å². The average molecular weight is 208 g/mol. The van der Waals surface area contributed by atoms with Crippen LogP contribution in [-0.2, 0) is 6.42 Å². The van der Waals surface area contributed by atoms with Gasteiger partial charge in [0.2, 0.25) is 0 Å². The van der Waals surface area contributed by atoms with Crippen LogP contribution in [0.2, 0.25) is 0 Å². The molecule has 14 heavy (non-hydrogen) atoms. The SMILES string of the molecule is CC(C)(C)NC(C#N)Cc1cccs1. The van der Waals surface area contributed by atoms with Gasteiger partial charge in [0, 0.05) is 16.8 Å². The van der Waals surface area contributed by atoms with Gasteiger partial charge >= 0.3 is 0 Å². The Labute approximate surface area is 89.6 Å². The summed E-state index contributed by atoms with van der Waals surface area (Å²) in [6.45, 7) is 6.23. The number of thiophene rings is 1. The third-order valence-electron chi connectivity index (χ3n) is 1.75. The first-order valence-electron chi connectivity index (χ1n) is 4.71. The van der Waals surface area contributed by atoms with E-state index in [1.54, 1.807) is 11.3 Å². The summed E-state index contributed by atoms with van der Waals surface area (Å²) in [5.41, 5.74) is -0.00233. The second-order valence-corrected chi connectivity index (χ2v) is 5.39. The fraction of sp³-hybridized carbons (Fsp3) is 0.545. The van der Waals surface area contributed by atoms with E-state index in [0.717, 1.165) is 6.42 Å². The van der Waals surface area contributed by atoms with Crippen molar-refractivity contribution in [3.05, 3.63) is 22.4 Å². The molecule has 0 radical (unpaired) electrons. The highest BCUT2D eigenvalue weighted by atomic mass is 32.1. The summed E-state index contributed by atoms with van der Waals surface area (Å²) in [7, 11) is 0. The Balaban J connectivity index is 2.53. The molecule has 0 aromatic carbocycles. The highest BCUT2D eigenvalue weighted by Gasteiger charge is 2.17. The van der Waals surface area contributed by atoms with Gasteiger partial charge in [-0.15, -0.1) is 11.3 Å². The average Bonchev–Trinajstić information content (AvgIpc) is 2.53. The molecule has 1 N–H and O–H groups in total. The molecule has 0 aliphatic rings. The first kappa shape index (κ1) is 11.2. The van der Waals surface area contributed by atoms with Gasteiger partial charge in [0.05, 0.1) is 6.07 Å². The summed E-state index contributed by atoms with van der Waals surface area (Å²) >= 11 is 1.70. The Bertz CT molecular complexity index is 303. The minimum atomic E-state index is -0.0892. The van der Waals surface area contributed by atoms with Crippen molar-refractivity contribution < 1.29 is 0 Å². The minimum absolute atomic E-state index is 0.00233. The highest BCUT2D eigenvalue weighted by Crippen LogP contribution is 2.12. The monoisotopic (exact) mass is 208 g/mol. The number of nitriles is 1. The van der Waals surface area contributed by atoms with Gasteiger partial charge in [0.15, 0.2) is 0 Å². The molecule has 1 rings (SSSR count). The summed E-state index contributed by atoms with van der Waals surface area (Å²) < 4.78 is 0. The van der Waals surface area contributed by atoms with Crippen LogP contribution in [0.15, 0.2) is 17.5 Å². The molecule has 76 valence electrons. The number of nitrogens with one attached hydrogen (secondary N) is 1. The lowest BCUT2D eigenvalue weighted by Crippen LogP contribution is -2.43. The Hall–Kier alpha value is -0.850. The Morgan fingerprint density at radius 2 is 2.29 bits per heavy atom. The zero-order valence-electron chi connectivity index (χ0n) is 8.87. The van der Waals surface area contributed by atoms with Gasteiger partial charge in [-0.2, -0.15) is 5.26 Å². The molecule has 0 bridgehead atoms. The molecule has 1 aromatic rings. The molecule has 1 atom stereocenters. The maximum absolute atomic E-state index is 8.98. The molecule has 0 aliphatic carbocycles. The van der Waals surface area contributed by atoms with Gasteiger partial charge < -0.3 is 0 Å². The minimum Gasteiger partial charge on any atom is -0.297 e. The van der Waals surface area contributed by atoms with E-state index in [1.165, 1.54) is 4.88 Å². The van der Waals surface area contributed by atoms with Gasteiger partial charge in [-0.05, 0) is 32.2 Å². The molecule has 0 amide bonds. The van der Waals surface area contributed by atoms with Crippen LogP contribution in [0.5, 0.6) is 0 Å². The van der Waals surface area contributed by atoms with Crippen molar-refractivity contribution >= 4 is 11.3 Å². The number of nitrogens with zero attached hydrogens (tertiary/aromatic N) is 1. The Kier molecular flexibility index (Phi) is 3.68. The number of rotatable bonds is 3. The molecular formula is C11H16N2S. The van der Waals surface area contributed by atoms with E-state index >= 15 is 0 Å². The molecule has 3 heteroatoms. The summed E-state index contributed by atoms with van der Waals surface area (Å²) in [4.78, 5) is 1.26. The molecule has 1 unspecified atom stereocenters. The smallest absolute Gasteiger partial charge is 0.101 e. The third-order valence-corrected chi connectivity index (χ3v) is 2.65. The summed E-state index contributed by atoms with van der Waals surface area (Å²) in [6.07, 6.45) is 0.797. The molecule has 1 aromatic heterocycles. The first-order valence-corrected chi connectivity index (χ1v) is 5.59. The van der Waals surface area contributed by atoms with Crippen molar-refractivity contribution in [3.63, 3.8) is 0 Å². The molecule has 2 nitrogen and oxygen atoms in total. The Morgan fingerprint density at radius 3 is 2.71 bits per heavy atom. The second kappa shape index (κ2) is 4.59. The molecule has 1 heterocycles. The molecule has 0 saturated heterocycles. The molecular weight excluding hydrogens is 192 g/mol. The zero-order chi connectivity index (χ0) is 10.6. The topological polar surface area (TPSA) is 35.8 Å². The second-order valence-electron chi connectivity index (χ2n) is 4.36. The standard InChI is InChI=1S/C11H16N2S/c1-11(2,3)13-9(8-12)7-10-5-4-6-14-10/h4-6,9,13H,7H2,1-3H3. The normalized spacial score (nSPS) is 13.6. The van der Waals surface area contributed by atoms with E-state index in [0.29, 0.717) is 0 Å². The van der Waals surface area contributed by atoms with Crippen molar-refractivity contribution in [1.29, 1.82) is 5.26 Å². The van der Waals surface area contributed by atoms with Crippen molar-refractivity contribution in [2.75, 3.05) is 0 Å². The predicted molar refractivity (Wildman–Crippen MR) is 60.3 cm³/mol. The van der Waals surface area contributed by atoms with E-state index in [-0.39, 0.29) is 11.6 Å². The van der Waals surface area contributed by atoms with Crippen molar-refractivity contribution in [1.82, 2.24) is 5.32 Å². The van der Waals surface area contributed by atoms with Crippen LogP contribution in [0.1, 0.15) is 25.6 Å². The van der Waals surface area contributed by atoms with Crippen LogP contribution in [0.3, 0.4) is 0 Å². The Morgan fingerprint density at radius 1 is 1.57 bits per heavy atom. The van der Waals surface area contributed by atoms with Gasteiger partial charge in [-0.1, -0.05) is 6.07 Å². The van der Waals surface area contributed by atoms with Gasteiger partial charge in [0.25, 0.3) is 0 Å². The summed E-state index contributed by atoms with van der Waals surface area (Å²) in [6, 6.07) is 6.29. The van der Waals surface area contributed by atoms with Gasteiger partial charge in [-0.3, -0.25) is 5.32 Å². The lowest BCUT2D eigenvalue weighted by molar-refractivity contribution is 0.395. The van der Waals surface area contributed by atoms with Crippen LogP contribution >= 0.6 is 11.3 Å². The third kappa shape index (κ3) is 3.91. The maximum atomic E-state index is 8.98. The quantitative estimate of drug-likeness (QED) is 0.828. The summed E-state index contributed by atoms with van der Waals surface area (Å²) in [5, 5.41) is 14.3. The summed E-state index contributed by atoms with van der Waals surface area (Å²) in [5.74, 6) is 0. The van der Waals surface area contributed by atoms with Crippen LogP contribution in [0, 0.1) is 11.3 Å². The lowest BCUT2D eigenvalue weighted by atomic mass is 10.1. The molecule has 0 fully saturated rings. The number of hydrogen-bond acceptors (Lipinski definition) is 3. The van der Waals surface area contributed by atoms with Crippen LogP contribution in [-0.4, -0.2) is 11.6 Å². The first-order chi connectivity index (χ1) is 6.51. The van der Waals surface area contributed by atoms with Gasteiger partial charge in [-0.25, -0.2) is 0 Å². The van der Waals surface area contributed by atoms with E-state index in [9.17, 15) is 0 Å². The maximum Gasteiger partial charge on any atom is 0.101 e. The van der Waals surface area contributed by atoms with E-state index in [4.69, 9.17) is 5.26 Å². The van der Waals surface area contributed by atoms with Crippen LogP contribution < -0.4 is 5.32 Å². The molecule has 0 spiro atoms. The highest BCUT2D eigenvalue weighted by molar-refractivity contribution is 7.09. The largest absolute Gasteiger partial charge is 0.297 e. The number of hydrogen-bond donors (Lipinski definition) is 1. The van der Waals surface area contributed by atoms with Crippen molar-refractivity contribution in [3.8, 4) is 6.07 Å². The lowest BCUT2D eigenvalue weighted by Gasteiger charge is -2.24. The molecule has 0 aliphatic heterocycles. The molecule has 0 saturated carbocycles. The van der Waals surface area contributed by atoms with Gasteiger partial charge in [0.1, 0.15) is 6.04 Å².